The van der Waals surface area contributed by atoms with Gasteiger partial charge >= 0.3 is 0 Å². The molecule has 19 heavy (non-hydrogen) atoms. The van der Waals surface area contributed by atoms with Crippen LogP contribution in [0.5, 0.6) is 0 Å². The van der Waals surface area contributed by atoms with E-state index in [1.807, 2.05) is 70.0 Å². The predicted octanol–water partition coefficient (Wildman–Crippen LogP) is 2.73. The van der Waals surface area contributed by atoms with Crippen molar-refractivity contribution in [3.63, 3.8) is 0 Å². The van der Waals surface area contributed by atoms with Gasteiger partial charge in [-0.25, -0.2) is 9.97 Å². The fourth-order valence-corrected chi connectivity index (χ4v) is 2.12. The Bertz CT molecular complexity index is 720. The summed E-state index contributed by atoms with van der Waals surface area (Å²) >= 11 is 0. The van der Waals surface area contributed by atoms with Crippen LogP contribution in [0.4, 0.5) is 11.6 Å². The summed E-state index contributed by atoms with van der Waals surface area (Å²) in [6.07, 6.45) is 7.83. The minimum absolute atomic E-state index is 0.787. The molecule has 0 fully saturated rings. The molecule has 0 saturated heterocycles. The average Bonchev–Trinajstić information content (AvgIpc) is 3.00. The van der Waals surface area contributed by atoms with Crippen molar-refractivity contribution < 1.29 is 0 Å². The second-order valence-corrected chi connectivity index (χ2v) is 4.31. The second-order valence-electron chi connectivity index (χ2n) is 4.31. The van der Waals surface area contributed by atoms with E-state index in [0.29, 0.717) is 0 Å². The smallest absolute Gasteiger partial charge is 0.150 e. The maximum Gasteiger partial charge on any atom is 0.150 e. The normalized spacial score (nSPS) is 11.2. The van der Waals surface area contributed by atoms with Gasteiger partial charge in [-0.15, -0.1) is 0 Å². The van der Waals surface area contributed by atoms with Crippen molar-refractivity contribution in [2.75, 3.05) is 5.32 Å². The molecule has 4 heterocycles. The fraction of sp³-hybridized carbons (Fsp3) is 0. The van der Waals surface area contributed by atoms with Gasteiger partial charge in [0.05, 0.1) is 12.4 Å². The second kappa shape index (κ2) is 3.84. The van der Waals surface area contributed by atoms with E-state index in [1.165, 1.54) is 0 Å². The molecule has 5 heteroatoms. The van der Waals surface area contributed by atoms with Crippen LogP contribution in [-0.2, 0) is 0 Å². The minimum Gasteiger partial charge on any atom is -0.322 e. The van der Waals surface area contributed by atoms with Crippen LogP contribution in [0.2, 0.25) is 0 Å². The Kier molecular flexibility index (Phi) is 2.05. The minimum atomic E-state index is 0.787. The first-order chi connectivity index (χ1) is 9.38. The van der Waals surface area contributed by atoms with Crippen LogP contribution in [-0.4, -0.2) is 18.8 Å². The van der Waals surface area contributed by atoms with Crippen molar-refractivity contribution >= 4 is 22.9 Å². The SMILES string of the molecule is c1ccn2cc(Nc3cn4ccccc4n3)nc2c1. The van der Waals surface area contributed by atoms with E-state index in [0.717, 1.165) is 22.9 Å². The zero-order valence-electron chi connectivity index (χ0n) is 10.1. The number of aromatic nitrogens is 4. The summed E-state index contributed by atoms with van der Waals surface area (Å²) in [4.78, 5) is 8.96. The first-order valence-corrected chi connectivity index (χ1v) is 6.03. The van der Waals surface area contributed by atoms with E-state index in [2.05, 4.69) is 15.3 Å². The number of fused-ring (bicyclic) bond motifs is 2. The van der Waals surface area contributed by atoms with Crippen LogP contribution in [0.15, 0.2) is 61.2 Å². The Hall–Kier alpha value is -2.82. The third kappa shape index (κ3) is 1.72. The van der Waals surface area contributed by atoms with E-state index in [9.17, 15) is 0 Å². The Balaban J connectivity index is 1.73. The molecule has 0 saturated carbocycles. The predicted molar refractivity (Wildman–Crippen MR) is 73.7 cm³/mol. The third-order valence-corrected chi connectivity index (χ3v) is 2.98. The highest BCUT2D eigenvalue weighted by atomic mass is 15.2. The summed E-state index contributed by atoms with van der Waals surface area (Å²) in [5, 5.41) is 3.22. The van der Waals surface area contributed by atoms with Gasteiger partial charge < -0.3 is 14.1 Å². The monoisotopic (exact) mass is 249 g/mol. The lowest BCUT2D eigenvalue weighted by molar-refractivity contribution is 1.19. The molecule has 0 aliphatic rings. The molecule has 92 valence electrons. The summed E-state index contributed by atoms with van der Waals surface area (Å²) in [7, 11) is 0. The van der Waals surface area contributed by atoms with E-state index in [4.69, 9.17) is 0 Å². The van der Waals surface area contributed by atoms with Crippen molar-refractivity contribution in [3.05, 3.63) is 61.2 Å². The molecular weight excluding hydrogens is 238 g/mol. The van der Waals surface area contributed by atoms with E-state index in [1.54, 1.807) is 0 Å². The summed E-state index contributed by atoms with van der Waals surface area (Å²) in [6.45, 7) is 0. The van der Waals surface area contributed by atoms with Gasteiger partial charge in [-0.2, -0.15) is 0 Å². The Morgan fingerprint density at radius 2 is 1.26 bits per heavy atom. The molecule has 0 spiro atoms. The highest BCUT2D eigenvalue weighted by Gasteiger charge is 2.04. The largest absolute Gasteiger partial charge is 0.322 e. The highest BCUT2D eigenvalue weighted by molar-refractivity contribution is 5.59. The van der Waals surface area contributed by atoms with Gasteiger partial charge in [-0.3, -0.25) is 0 Å². The number of rotatable bonds is 2. The highest BCUT2D eigenvalue weighted by Crippen LogP contribution is 2.16. The quantitative estimate of drug-likeness (QED) is 0.594. The molecule has 1 N–H and O–H groups in total. The lowest BCUT2D eigenvalue weighted by atomic mass is 10.5. The maximum atomic E-state index is 4.48. The molecule has 4 aromatic heterocycles. The lowest BCUT2D eigenvalue weighted by Gasteiger charge is -1.94. The van der Waals surface area contributed by atoms with Crippen LogP contribution in [0.1, 0.15) is 0 Å². The van der Waals surface area contributed by atoms with Gasteiger partial charge in [0.1, 0.15) is 11.3 Å². The van der Waals surface area contributed by atoms with E-state index >= 15 is 0 Å². The Morgan fingerprint density at radius 1 is 0.737 bits per heavy atom. The number of anilines is 2. The van der Waals surface area contributed by atoms with Crippen molar-refractivity contribution in [3.8, 4) is 0 Å². The number of nitrogens with one attached hydrogen (secondary N) is 1. The lowest BCUT2D eigenvalue weighted by Crippen LogP contribution is -1.89. The van der Waals surface area contributed by atoms with Crippen molar-refractivity contribution in [1.82, 2.24) is 18.8 Å². The number of hydrogen-bond donors (Lipinski definition) is 1. The number of pyridine rings is 2. The van der Waals surface area contributed by atoms with Crippen molar-refractivity contribution in [2.45, 2.75) is 0 Å². The molecule has 4 aromatic rings. The molecule has 0 aliphatic carbocycles. The van der Waals surface area contributed by atoms with Crippen LogP contribution in [0.3, 0.4) is 0 Å². The zero-order valence-corrected chi connectivity index (χ0v) is 10.1. The number of hydrogen-bond acceptors (Lipinski definition) is 3. The first kappa shape index (κ1) is 10.1. The third-order valence-electron chi connectivity index (χ3n) is 2.98. The van der Waals surface area contributed by atoms with E-state index < -0.39 is 0 Å². The molecule has 0 amide bonds. The van der Waals surface area contributed by atoms with E-state index in [-0.39, 0.29) is 0 Å². The number of nitrogens with zero attached hydrogens (tertiary/aromatic N) is 4. The van der Waals surface area contributed by atoms with Gasteiger partial charge in [0, 0.05) is 12.4 Å². The van der Waals surface area contributed by atoms with Crippen LogP contribution < -0.4 is 5.32 Å². The summed E-state index contributed by atoms with van der Waals surface area (Å²) in [6, 6.07) is 11.8. The summed E-state index contributed by atoms with van der Waals surface area (Å²) in [5.74, 6) is 1.57. The maximum absolute atomic E-state index is 4.48. The molecule has 0 aliphatic heterocycles. The van der Waals surface area contributed by atoms with Crippen molar-refractivity contribution in [2.24, 2.45) is 0 Å². The van der Waals surface area contributed by atoms with Gasteiger partial charge in [0.15, 0.2) is 11.6 Å². The fourth-order valence-electron chi connectivity index (χ4n) is 2.12. The van der Waals surface area contributed by atoms with Gasteiger partial charge in [0.25, 0.3) is 0 Å². The summed E-state index contributed by atoms with van der Waals surface area (Å²) < 4.78 is 3.94. The summed E-state index contributed by atoms with van der Waals surface area (Å²) in [5.41, 5.74) is 1.82. The molecule has 0 atom stereocenters. The average molecular weight is 249 g/mol. The van der Waals surface area contributed by atoms with Crippen LogP contribution >= 0.6 is 0 Å². The standard InChI is InChI=1S/C14H11N5/c1-3-7-18-9-11(16-13(18)5-1)15-12-10-19-8-4-2-6-14(19)17-12/h1-10,15H. The molecular formula is C14H11N5. The molecule has 0 aromatic carbocycles. The molecule has 0 radical (unpaired) electrons. The number of imidazole rings is 2. The Morgan fingerprint density at radius 3 is 1.74 bits per heavy atom. The van der Waals surface area contributed by atoms with Gasteiger partial charge in [-0.05, 0) is 24.3 Å². The van der Waals surface area contributed by atoms with Crippen LogP contribution in [0, 0.1) is 0 Å². The van der Waals surface area contributed by atoms with Gasteiger partial charge in [0.2, 0.25) is 0 Å². The Labute approximate surface area is 109 Å². The molecule has 0 unspecified atom stereocenters. The topological polar surface area (TPSA) is 46.6 Å². The van der Waals surface area contributed by atoms with Crippen LogP contribution in [0.25, 0.3) is 11.3 Å². The van der Waals surface area contributed by atoms with Gasteiger partial charge in [-0.1, -0.05) is 12.1 Å². The molecule has 5 nitrogen and oxygen atoms in total. The molecule has 0 bridgehead atoms. The molecule has 4 rings (SSSR count). The first-order valence-electron chi connectivity index (χ1n) is 6.03. The van der Waals surface area contributed by atoms with Crippen molar-refractivity contribution in [1.29, 1.82) is 0 Å². The zero-order chi connectivity index (χ0) is 12.7.